The Bertz CT molecular complexity index is 563. The lowest BCUT2D eigenvalue weighted by molar-refractivity contribution is -0.133. The fourth-order valence-electron chi connectivity index (χ4n) is 3.09. The SMILES string of the molecule is CCC(C)C(N)C(=O)N1CCCN(Cc2noc(C3CC3)n2)CC1.Cl. The number of hydrogen-bond donors (Lipinski definition) is 1. The van der Waals surface area contributed by atoms with Gasteiger partial charge in [0.2, 0.25) is 11.8 Å². The van der Waals surface area contributed by atoms with E-state index in [1.807, 2.05) is 11.8 Å². The maximum atomic E-state index is 12.5. The fourth-order valence-corrected chi connectivity index (χ4v) is 3.09. The molecule has 2 heterocycles. The highest BCUT2D eigenvalue weighted by atomic mass is 35.5. The molecule has 1 saturated heterocycles. The molecule has 25 heavy (non-hydrogen) atoms. The molecule has 1 saturated carbocycles. The molecule has 1 aliphatic carbocycles. The number of aromatic nitrogens is 2. The van der Waals surface area contributed by atoms with Crippen LogP contribution in [0.4, 0.5) is 0 Å². The molecule has 8 heteroatoms. The van der Waals surface area contributed by atoms with Crippen LogP contribution in [0.25, 0.3) is 0 Å². The van der Waals surface area contributed by atoms with Gasteiger partial charge in [-0.1, -0.05) is 25.4 Å². The summed E-state index contributed by atoms with van der Waals surface area (Å²) in [6, 6.07) is -0.389. The number of amides is 1. The second-order valence-electron chi connectivity index (χ2n) is 7.19. The fraction of sp³-hybridized carbons (Fsp3) is 0.824. The van der Waals surface area contributed by atoms with Crippen molar-refractivity contribution in [3.8, 4) is 0 Å². The van der Waals surface area contributed by atoms with Gasteiger partial charge in [0.15, 0.2) is 5.82 Å². The van der Waals surface area contributed by atoms with Crippen LogP contribution in [0.15, 0.2) is 4.52 Å². The Kier molecular flexibility index (Phi) is 7.22. The molecule has 142 valence electrons. The molecule has 2 fully saturated rings. The highest BCUT2D eigenvalue weighted by Crippen LogP contribution is 2.38. The summed E-state index contributed by atoms with van der Waals surface area (Å²) in [5.41, 5.74) is 6.11. The zero-order chi connectivity index (χ0) is 17.1. The number of nitrogens with zero attached hydrogens (tertiary/aromatic N) is 4. The number of halogens is 1. The molecule has 2 N–H and O–H groups in total. The van der Waals surface area contributed by atoms with E-state index < -0.39 is 0 Å². The van der Waals surface area contributed by atoms with Crippen molar-refractivity contribution in [3.05, 3.63) is 11.7 Å². The Morgan fingerprint density at radius 1 is 1.32 bits per heavy atom. The molecule has 3 rings (SSSR count). The molecule has 1 amide bonds. The third-order valence-electron chi connectivity index (χ3n) is 5.22. The lowest BCUT2D eigenvalue weighted by Crippen LogP contribution is -2.48. The number of rotatable bonds is 6. The summed E-state index contributed by atoms with van der Waals surface area (Å²) in [5, 5.41) is 4.09. The molecule has 0 spiro atoms. The van der Waals surface area contributed by atoms with Crippen LogP contribution < -0.4 is 5.73 Å². The van der Waals surface area contributed by atoms with E-state index in [-0.39, 0.29) is 30.3 Å². The van der Waals surface area contributed by atoms with Crippen molar-refractivity contribution in [3.63, 3.8) is 0 Å². The summed E-state index contributed by atoms with van der Waals surface area (Å²) in [6.07, 6.45) is 4.21. The predicted molar refractivity (Wildman–Crippen MR) is 97.4 cm³/mol. The van der Waals surface area contributed by atoms with Crippen LogP contribution in [0.2, 0.25) is 0 Å². The molecule has 0 aromatic carbocycles. The maximum Gasteiger partial charge on any atom is 0.239 e. The summed E-state index contributed by atoms with van der Waals surface area (Å²) in [5.74, 6) is 2.34. The molecule has 0 bridgehead atoms. The Hall–Kier alpha value is -1.18. The first-order chi connectivity index (χ1) is 11.6. The smallest absolute Gasteiger partial charge is 0.239 e. The first-order valence-corrected chi connectivity index (χ1v) is 9.17. The van der Waals surface area contributed by atoms with Crippen LogP contribution in [0.3, 0.4) is 0 Å². The van der Waals surface area contributed by atoms with Gasteiger partial charge in [0, 0.05) is 32.1 Å². The second-order valence-corrected chi connectivity index (χ2v) is 7.19. The Balaban J connectivity index is 0.00000225. The second kappa shape index (κ2) is 8.96. The Morgan fingerprint density at radius 2 is 2.08 bits per heavy atom. The minimum atomic E-state index is -0.389. The monoisotopic (exact) mass is 371 g/mol. The van der Waals surface area contributed by atoms with E-state index in [1.165, 1.54) is 12.8 Å². The minimum absolute atomic E-state index is 0. The summed E-state index contributed by atoms with van der Waals surface area (Å²) in [7, 11) is 0. The topological polar surface area (TPSA) is 88.5 Å². The molecule has 1 aromatic rings. The summed E-state index contributed by atoms with van der Waals surface area (Å²) >= 11 is 0. The lowest BCUT2D eigenvalue weighted by Gasteiger charge is -2.27. The molecular formula is C17H30ClN5O2. The minimum Gasteiger partial charge on any atom is -0.340 e. The molecular weight excluding hydrogens is 342 g/mol. The standard InChI is InChI=1S/C17H29N5O2.ClH/c1-3-12(2)15(18)17(23)22-8-4-7-21(9-10-22)11-14-19-16(24-20-14)13-5-6-13;/h12-13,15H,3-11,18H2,1-2H3;1H. The predicted octanol–water partition coefficient (Wildman–Crippen LogP) is 1.78. The van der Waals surface area contributed by atoms with Gasteiger partial charge in [0.05, 0.1) is 12.6 Å². The lowest BCUT2D eigenvalue weighted by atomic mass is 9.99. The van der Waals surface area contributed by atoms with E-state index in [1.54, 1.807) is 0 Å². The van der Waals surface area contributed by atoms with Gasteiger partial charge >= 0.3 is 0 Å². The summed E-state index contributed by atoms with van der Waals surface area (Å²) in [4.78, 5) is 21.3. The summed E-state index contributed by atoms with van der Waals surface area (Å²) in [6.45, 7) is 8.07. The van der Waals surface area contributed by atoms with Gasteiger partial charge in [-0.15, -0.1) is 12.4 Å². The Morgan fingerprint density at radius 3 is 2.76 bits per heavy atom. The van der Waals surface area contributed by atoms with E-state index in [4.69, 9.17) is 10.3 Å². The molecule has 2 aliphatic rings. The van der Waals surface area contributed by atoms with E-state index in [0.29, 0.717) is 12.5 Å². The number of carbonyl (C=O) groups is 1. The number of nitrogens with two attached hydrogens (primary N) is 1. The van der Waals surface area contributed by atoms with Gasteiger partial charge in [0.25, 0.3) is 0 Å². The first-order valence-electron chi connectivity index (χ1n) is 9.17. The van der Waals surface area contributed by atoms with Crippen LogP contribution in [0.1, 0.15) is 57.2 Å². The highest BCUT2D eigenvalue weighted by Gasteiger charge is 2.30. The van der Waals surface area contributed by atoms with Crippen molar-refractivity contribution >= 4 is 18.3 Å². The number of carbonyl (C=O) groups excluding carboxylic acids is 1. The van der Waals surface area contributed by atoms with E-state index in [2.05, 4.69) is 22.0 Å². The van der Waals surface area contributed by atoms with Crippen molar-refractivity contribution in [1.82, 2.24) is 19.9 Å². The molecule has 1 aliphatic heterocycles. The van der Waals surface area contributed by atoms with Gasteiger partial charge in [0.1, 0.15) is 0 Å². The van der Waals surface area contributed by atoms with E-state index >= 15 is 0 Å². The van der Waals surface area contributed by atoms with Gasteiger partial charge in [-0.2, -0.15) is 4.98 Å². The molecule has 2 unspecified atom stereocenters. The van der Waals surface area contributed by atoms with Crippen LogP contribution >= 0.6 is 12.4 Å². The van der Waals surface area contributed by atoms with Crippen molar-refractivity contribution in [2.45, 2.75) is 58.0 Å². The zero-order valence-corrected chi connectivity index (χ0v) is 16.0. The average Bonchev–Trinajstić information content (AvgIpc) is 3.38. The van der Waals surface area contributed by atoms with Crippen molar-refractivity contribution < 1.29 is 9.32 Å². The van der Waals surface area contributed by atoms with Crippen LogP contribution in [-0.2, 0) is 11.3 Å². The van der Waals surface area contributed by atoms with E-state index in [0.717, 1.165) is 50.7 Å². The highest BCUT2D eigenvalue weighted by molar-refractivity contribution is 5.85. The maximum absolute atomic E-state index is 12.5. The first kappa shape index (κ1) is 20.1. The van der Waals surface area contributed by atoms with E-state index in [9.17, 15) is 4.79 Å². The Labute approximate surface area is 155 Å². The number of hydrogen-bond acceptors (Lipinski definition) is 6. The molecule has 2 atom stereocenters. The van der Waals surface area contributed by atoms with Gasteiger partial charge in [-0.05, 0) is 25.2 Å². The van der Waals surface area contributed by atoms with Gasteiger partial charge in [-0.3, -0.25) is 9.69 Å². The molecule has 0 radical (unpaired) electrons. The van der Waals surface area contributed by atoms with Crippen LogP contribution in [0.5, 0.6) is 0 Å². The van der Waals surface area contributed by atoms with Crippen molar-refractivity contribution in [2.24, 2.45) is 11.7 Å². The molecule has 1 aromatic heterocycles. The van der Waals surface area contributed by atoms with Crippen molar-refractivity contribution in [1.29, 1.82) is 0 Å². The van der Waals surface area contributed by atoms with Crippen LogP contribution in [0, 0.1) is 5.92 Å². The van der Waals surface area contributed by atoms with Gasteiger partial charge < -0.3 is 15.2 Å². The largest absolute Gasteiger partial charge is 0.340 e. The zero-order valence-electron chi connectivity index (χ0n) is 15.2. The quantitative estimate of drug-likeness (QED) is 0.819. The van der Waals surface area contributed by atoms with Gasteiger partial charge in [-0.25, -0.2) is 0 Å². The third-order valence-corrected chi connectivity index (χ3v) is 5.22. The molecule has 7 nitrogen and oxygen atoms in total. The third kappa shape index (κ3) is 5.15. The van der Waals surface area contributed by atoms with Crippen LogP contribution in [-0.4, -0.2) is 58.1 Å². The normalized spacial score (nSPS) is 21.3. The average molecular weight is 372 g/mol. The van der Waals surface area contributed by atoms with Crippen molar-refractivity contribution in [2.75, 3.05) is 26.2 Å². The summed E-state index contributed by atoms with van der Waals surface area (Å²) < 4.78 is 5.32.